The molecule has 0 bridgehead atoms. The molecule has 4 heterocycles. The van der Waals surface area contributed by atoms with Crippen LogP contribution in [0.25, 0.3) is 16.6 Å². The quantitative estimate of drug-likeness (QED) is 0.534. The van der Waals surface area contributed by atoms with E-state index in [0.29, 0.717) is 37.5 Å². The van der Waals surface area contributed by atoms with Crippen molar-refractivity contribution in [3.8, 4) is 0 Å². The number of carbonyl (C=O) groups is 1. The first-order valence-corrected chi connectivity index (χ1v) is 9.23. The monoisotopic (exact) mass is 377 g/mol. The van der Waals surface area contributed by atoms with Gasteiger partial charge in [-0.1, -0.05) is 17.3 Å². The first kappa shape index (κ1) is 16.7. The smallest absolute Gasteiger partial charge is 0.228 e. The average molecular weight is 377 g/mol. The zero-order valence-electron chi connectivity index (χ0n) is 15.4. The third-order valence-corrected chi connectivity index (χ3v) is 5.18. The maximum absolute atomic E-state index is 12.8. The first-order valence-electron chi connectivity index (χ1n) is 9.23. The van der Waals surface area contributed by atoms with Gasteiger partial charge in [0.1, 0.15) is 11.5 Å². The van der Waals surface area contributed by atoms with Gasteiger partial charge in [0.25, 0.3) is 0 Å². The molecule has 0 atom stereocenters. The lowest BCUT2D eigenvalue weighted by atomic mass is 10.1. The third-order valence-electron chi connectivity index (χ3n) is 5.18. The van der Waals surface area contributed by atoms with Crippen LogP contribution in [0.2, 0.25) is 0 Å². The van der Waals surface area contributed by atoms with Crippen LogP contribution in [0.5, 0.6) is 0 Å². The van der Waals surface area contributed by atoms with Gasteiger partial charge in [-0.2, -0.15) is 0 Å². The Labute approximate surface area is 160 Å². The minimum atomic E-state index is 0.0585. The van der Waals surface area contributed by atoms with Crippen molar-refractivity contribution < 1.29 is 9.32 Å². The van der Waals surface area contributed by atoms with Gasteiger partial charge in [0.05, 0.1) is 6.42 Å². The predicted molar refractivity (Wildman–Crippen MR) is 102 cm³/mol. The molecular weight excluding hydrogens is 358 g/mol. The molecule has 9 heteroatoms. The zero-order valence-corrected chi connectivity index (χ0v) is 15.4. The Kier molecular flexibility index (Phi) is 3.92. The second-order valence-electron chi connectivity index (χ2n) is 6.86. The maximum Gasteiger partial charge on any atom is 0.228 e. The van der Waals surface area contributed by atoms with Gasteiger partial charge in [-0.3, -0.25) is 9.20 Å². The maximum atomic E-state index is 12.8. The number of hydrogen-bond donors (Lipinski definition) is 0. The van der Waals surface area contributed by atoms with Gasteiger partial charge in [0, 0.05) is 44.0 Å². The molecule has 9 nitrogen and oxygen atoms in total. The van der Waals surface area contributed by atoms with E-state index >= 15 is 0 Å². The number of piperazine rings is 1. The van der Waals surface area contributed by atoms with Crippen LogP contribution in [0.4, 0.5) is 5.82 Å². The Morgan fingerprint density at radius 2 is 1.96 bits per heavy atom. The van der Waals surface area contributed by atoms with Gasteiger partial charge in [-0.15, -0.1) is 10.2 Å². The molecule has 3 aromatic heterocycles. The molecule has 1 saturated heterocycles. The summed E-state index contributed by atoms with van der Waals surface area (Å²) in [7, 11) is 0. The Morgan fingerprint density at radius 1 is 1.14 bits per heavy atom. The molecule has 1 amide bonds. The summed E-state index contributed by atoms with van der Waals surface area (Å²) in [5, 5.41) is 13.3. The lowest BCUT2D eigenvalue weighted by Gasteiger charge is -2.35. The minimum absolute atomic E-state index is 0.0585. The molecule has 5 rings (SSSR count). The predicted octanol–water partition coefficient (Wildman–Crippen LogP) is 1.47. The number of carbonyl (C=O) groups excluding carboxylic acids is 1. The van der Waals surface area contributed by atoms with Gasteiger partial charge in [-0.05, 0) is 19.1 Å². The van der Waals surface area contributed by atoms with Gasteiger partial charge < -0.3 is 14.3 Å². The van der Waals surface area contributed by atoms with E-state index < -0.39 is 0 Å². The van der Waals surface area contributed by atoms with Crippen molar-refractivity contribution in [1.82, 2.24) is 29.6 Å². The molecule has 1 aromatic carbocycles. The third kappa shape index (κ3) is 2.75. The molecule has 0 radical (unpaired) electrons. The number of hydrogen-bond acceptors (Lipinski definition) is 7. The summed E-state index contributed by atoms with van der Waals surface area (Å²) in [4.78, 5) is 21.3. The highest BCUT2D eigenvalue weighted by Gasteiger charge is 2.25. The van der Waals surface area contributed by atoms with E-state index in [1.165, 1.54) is 0 Å². The van der Waals surface area contributed by atoms with Crippen molar-refractivity contribution in [3.63, 3.8) is 0 Å². The molecule has 1 aliphatic heterocycles. The lowest BCUT2D eigenvalue weighted by Crippen LogP contribution is -2.49. The van der Waals surface area contributed by atoms with E-state index in [9.17, 15) is 4.79 Å². The molecule has 0 saturated carbocycles. The number of aromatic nitrogens is 5. The highest BCUT2D eigenvalue weighted by molar-refractivity contribution is 5.86. The highest BCUT2D eigenvalue weighted by Crippen LogP contribution is 2.21. The molecule has 1 aliphatic rings. The molecular formula is C19H19N7O2. The standard InChI is InChI=1S/C19H19N7O2/c1-13-21-22-19-18(20-6-7-26(13)19)25-10-8-24(9-11-25)17(27)12-15-14-4-2-3-5-16(14)28-23-15/h2-7H,8-12H2,1H3. The molecule has 0 N–H and O–H groups in total. The molecule has 0 spiro atoms. The molecule has 142 valence electrons. The van der Waals surface area contributed by atoms with E-state index in [-0.39, 0.29) is 12.3 Å². The Morgan fingerprint density at radius 3 is 2.82 bits per heavy atom. The van der Waals surface area contributed by atoms with Crippen LogP contribution in [-0.4, -0.2) is 61.7 Å². The Hall–Kier alpha value is -3.49. The van der Waals surface area contributed by atoms with Crippen molar-refractivity contribution in [2.45, 2.75) is 13.3 Å². The van der Waals surface area contributed by atoms with E-state index in [4.69, 9.17) is 4.52 Å². The summed E-state index contributed by atoms with van der Waals surface area (Å²) in [6.07, 6.45) is 3.86. The van der Waals surface area contributed by atoms with Crippen LogP contribution >= 0.6 is 0 Å². The Bertz CT molecular complexity index is 1160. The lowest BCUT2D eigenvalue weighted by molar-refractivity contribution is -0.130. The summed E-state index contributed by atoms with van der Waals surface area (Å²) < 4.78 is 7.23. The SMILES string of the molecule is Cc1nnc2c(N3CCN(C(=O)Cc4noc5ccccc45)CC3)nccn12. The topological polar surface area (TPSA) is 92.7 Å². The van der Waals surface area contributed by atoms with Crippen LogP contribution in [0.3, 0.4) is 0 Å². The summed E-state index contributed by atoms with van der Waals surface area (Å²) in [5.41, 5.74) is 2.14. The zero-order chi connectivity index (χ0) is 19.1. The number of aryl methyl sites for hydroxylation is 1. The normalized spacial score (nSPS) is 14.9. The van der Waals surface area contributed by atoms with E-state index in [1.807, 2.05) is 46.7 Å². The fraction of sp³-hybridized carbons (Fsp3) is 0.316. The second-order valence-corrected chi connectivity index (χ2v) is 6.86. The molecule has 28 heavy (non-hydrogen) atoms. The number of amides is 1. The number of nitrogens with zero attached hydrogens (tertiary/aromatic N) is 7. The van der Waals surface area contributed by atoms with Crippen LogP contribution in [-0.2, 0) is 11.2 Å². The van der Waals surface area contributed by atoms with Gasteiger partial charge >= 0.3 is 0 Å². The number of anilines is 1. The van der Waals surface area contributed by atoms with Crippen molar-refractivity contribution in [3.05, 3.63) is 48.2 Å². The van der Waals surface area contributed by atoms with Gasteiger partial charge in [0.15, 0.2) is 11.4 Å². The highest BCUT2D eigenvalue weighted by atomic mass is 16.5. The minimum Gasteiger partial charge on any atom is -0.356 e. The molecule has 0 aliphatic carbocycles. The van der Waals surface area contributed by atoms with Crippen LogP contribution in [0, 0.1) is 6.92 Å². The van der Waals surface area contributed by atoms with Crippen LogP contribution in [0.15, 0.2) is 41.2 Å². The average Bonchev–Trinajstić information content (AvgIpc) is 3.32. The van der Waals surface area contributed by atoms with Crippen LogP contribution < -0.4 is 4.90 Å². The summed E-state index contributed by atoms with van der Waals surface area (Å²) in [6, 6.07) is 7.60. The largest absolute Gasteiger partial charge is 0.356 e. The molecule has 4 aromatic rings. The second kappa shape index (κ2) is 6.59. The van der Waals surface area contributed by atoms with Crippen molar-refractivity contribution >= 4 is 28.3 Å². The van der Waals surface area contributed by atoms with Gasteiger partial charge in [0.2, 0.25) is 11.6 Å². The fourth-order valence-corrected chi connectivity index (χ4v) is 3.64. The molecule has 0 unspecified atom stereocenters. The summed E-state index contributed by atoms with van der Waals surface area (Å²) >= 11 is 0. The molecule has 1 fully saturated rings. The summed E-state index contributed by atoms with van der Waals surface area (Å²) in [6.45, 7) is 4.57. The number of rotatable bonds is 3. The number of fused-ring (bicyclic) bond motifs is 2. The van der Waals surface area contributed by atoms with E-state index in [2.05, 4.69) is 25.2 Å². The number of para-hydroxylation sites is 1. The van der Waals surface area contributed by atoms with Crippen LogP contribution in [0.1, 0.15) is 11.5 Å². The Balaban J connectivity index is 1.28. The number of benzene rings is 1. The fourth-order valence-electron chi connectivity index (χ4n) is 3.64. The van der Waals surface area contributed by atoms with E-state index in [1.54, 1.807) is 6.20 Å². The van der Waals surface area contributed by atoms with Crippen molar-refractivity contribution in [2.75, 3.05) is 31.1 Å². The van der Waals surface area contributed by atoms with E-state index in [0.717, 1.165) is 22.7 Å². The van der Waals surface area contributed by atoms with Crippen molar-refractivity contribution in [1.29, 1.82) is 0 Å². The van der Waals surface area contributed by atoms with Gasteiger partial charge in [-0.25, -0.2) is 4.98 Å². The van der Waals surface area contributed by atoms with Crippen molar-refractivity contribution in [2.24, 2.45) is 0 Å². The summed E-state index contributed by atoms with van der Waals surface area (Å²) in [5.74, 6) is 1.69. The first-order chi connectivity index (χ1) is 13.7.